The fraction of sp³-hybridized carbons (Fsp3) is 0.0800. The predicted octanol–water partition coefficient (Wildman–Crippen LogP) is 4.32. The Bertz CT molecular complexity index is 1220. The summed E-state index contributed by atoms with van der Waals surface area (Å²) < 4.78 is 7.15. The highest BCUT2D eigenvalue weighted by molar-refractivity contribution is 5.77. The van der Waals surface area contributed by atoms with E-state index in [1.54, 1.807) is 10.7 Å². The van der Waals surface area contributed by atoms with Crippen LogP contribution < -0.4 is 4.74 Å². The van der Waals surface area contributed by atoms with Crippen molar-refractivity contribution in [3.63, 3.8) is 0 Å². The van der Waals surface area contributed by atoms with Gasteiger partial charge in [-0.15, -0.1) is 5.10 Å². The van der Waals surface area contributed by atoms with Crippen molar-refractivity contribution >= 4 is 5.97 Å². The molecule has 0 radical (unpaired) electrons. The zero-order valence-electron chi connectivity index (χ0n) is 16.4. The quantitative estimate of drug-likeness (QED) is 0.294. The van der Waals surface area contributed by atoms with E-state index in [2.05, 4.69) is 22.2 Å². The summed E-state index contributed by atoms with van der Waals surface area (Å²) in [6.45, 7) is 1.90. The molecule has 146 valence electrons. The van der Waals surface area contributed by atoms with Crippen molar-refractivity contribution in [2.24, 2.45) is 0 Å². The Kier molecular flexibility index (Phi) is 5.68. The summed E-state index contributed by atoms with van der Waals surface area (Å²) in [5.74, 6) is 6.45. The van der Waals surface area contributed by atoms with Gasteiger partial charge in [-0.05, 0) is 35.7 Å². The van der Waals surface area contributed by atoms with Gasteiger partial charge in [-0.25, -0.2) is 4.68 Å². The van der Waals surface area contributed by atoms with Crippen LogP contribution in [0.5, 0.6) is 5.75 Å². The number of carbonyl (C=O) groups excluding carboxylic acids is 1. The maximum Gasteiger partial charge on any atom is 0.308 e. The van der Waals surface area contributed by atoms with Crippen molar-refractivity contribution in [2.45, 2.75) is 13.5 Å². The molecule has 0 saturated heterocycles. The summed E-state index contributed by atoms with van der Waals surface area (Å²) in [5, 5.41) is 8.73. The number of carbonyl (C=O) groups is 1. The third-order valence-corrected chi connectivity index (χ3v) is 4.41. The molecule has 4 aromatic rings. The number of esters is 1. The van der Waals surface area contributed by atoms with Gasteiger partial charge >= 0.3 is 5.97 Å². The highest BCUT2D eigenvalue weighted by Gasteiger charge is 2.18. The van der Waals surface area contributed by atoms with E-state index in [1.807, 2.05) is 78.9 Å². The molecule has 4 rings (SSSR count). The zero-order chi connectivity index (χ0) is 20.8. The molecule has 0 fully saturated rings. The first-order chi connectivity index (χ1) is 14.7. The maximum absolute atomic E-state index is 11.5. The Morgan fingerprint density at radius 1 is 0.900 bits per heavy atom. The van der Waals surface area contributed by atoms with Crippen LogP contribution in [0.2, 0.25) is 0 Å². The molecule has 0 bridgehead atoms. The average molecular weight is 393 g/mol. The molecule has 1 aromatic heterocycles. The molecule has 0 aliphatic carbocycles. The Morgan fingerprint density at radius 2 is 1.57 bits per heavy atom. The average Bonchev–Trinajstić information content (AvgIpc) is 3.16. The number of rotatable bonds is 4. The summed E-state index contributed by atoms with van der Waals surface area (Å²) in [6.07, 6.45) is 0. The van der Waals surface area contributed by atoms with Crippen LogP contribution in [-0.4, -0.2) is 21.0 Å². The monoisotopic (exact) mass is 393 g/mol. The molecule has 5 nitrogen and oxygen atoms in total. The van der Waals surface area contributed by atoms with Crippen LogP contribution in [-0.2, 0) is 11.3 Å². The molecule has 1 heterocycles. The minimum atomic E-state index is -0.393. The van der Waals surface area contributed by atoms with Gasteiger partial charge in [0.2, 0.25) is 0 Å². The minimum Gasteiger partial charge on any atom is -0.426 e. The van der Waals surface area contributed by atoms with Gasteiger partial charge in [0.05, 0.1) is 6.54 Å². The third kappa shape index (κ3) is 4.45. The van der Waals surface area contributed by atoms with Crippen molar-refractivity contribution in [2.75, 3.05) is 0 Å². The first-order valence-corrected chi connectivity index (χ1v) is 9.53. The van der Waals surface area contributed by atoms with Gasteiger partial charge in [-0.2, -0.15) is 0 Å². The second-order valence-corrected chi connectivity index (χ2v) is 6.64. The van der Waals surface area contributed by atoms with E-state index >= 15 is 0 Å². The first kappa shape index (κ1) is 19.2. The van der Waals surface area contributed by atoms with Crippen LogP contribution in [0.1, 0.15) is 23.7 Å². The Labute approximate surface area is 174 Å². The molecule has 0 unspecified atom stereocenters. The van der Waals surface area contributed by atoms with E-state index in [9.17, 15) is 4.79 Å². The van der Waals surface area contributed by atoms with Gasteiger partial charge in [0.25, 0.3) is 0 Å². The van der Waals surface area contributed by atoms with Crippen molar-refractivity contribution < 1.29 is 9.53 Å². The topological polar surface area (TPSA) is 57.0 Å². The smallest absolute Gasteiger partial charge is 0.308 e. The number of hydrogen-bond donors (Lipinski definition) is 0. The number of para-hydroxylation sites is 1. The lowest BCUT2D eigenvalue weighted by Gasteiger charge is -2.07. The van der Waals surface area contributed by atoms with E-state index in [1.165, 1.54) is 6.92 Å². The maximum atomic E-state index is 11.5. The van der Waals surface area contributed by atoms with Crippen molar-refractivity contribution in [1.82, 2.24) is 15.0 Å². The van der Waals surface area contributed by atoms with Gasteiger partial charge in [-0.3, -0.25) is 4.79 Å². The number of ether oxygens (including phenoxy) is 1. The number of benzene rings is 3. The summed E-state index contributed by atoms with van der Waals surface area (Å²) in [4.78, 5) is 11.5. The summed E-state index contributed by atoms with van der Waals surface area (Å²) in [6, 6.07) is 27.0. The largest absolute Gasteiger partial charge is 0.426 e. The first-order valence-electron chi connectivity index (χ1n) is 9.53. The van der Waals surface area contributed by atoms with E-state index in [0.717, 1.165) is 11.1 Å². The van der Waals surface area contributed by atoms with E-state index in [4.69, 9.17) is 4.74 Å². The van der Waals surface area contributed by atoms with Crippen LogP contribution in [0.4, 0.5) is 0 Å². The van der Waals surface area contributed by atoms with Gasteiger partial charge in [0.15, 0.2) is 0 Å². The Balaban J connectivity index is 1.82. The molecule has 0 aliphatic rings. The van der Waals surface area contributed by atoms with E-state index < -0.39 is 5.97 Å². The highest BCUT2D eigenvalue weighted by atomic mass is 16.5. The molecule has 30 heavy (non-hydrogen) atoms. The van der Waals surface area contributed by atoms with Crippen LogP contribution >= 0.6 is 0 Å². The molecular formula is C25H19N3O2. The number of nitrogens with zero attached hydrogens (tertiary/aromatic N) is 3. The normalized spacial score (nSPS) is 10.2. The lowest BCUT2D eigenvalue weighted by atomic mass is 10.1. The van der Waals surface area contributed by atoms with E-state index in [0.29, 0.717) is 29.2 Å². The van der Waals surface area contributed by atoms with Crippen molar-refractivity contribution in [3.05, 3.63) is 102 Å². The predicted molar refractivity (Wildman–Crippen MR) is 115 cm³/mol. The Hall–Kier alpha value is -4.17. The van der Waals surface area contributed by atoms with Crippen molar-refractivity contribution in [1.29, 1.82) is 0 Å². The van der Waals surface area contributed by atoms with Gasteiger partial charge < -0.3 is 4.74 Å². The summed E-state index contributed by atoms with van der Waals surface area (Å²) >= 11 is 0. The molecule has 0 amide bonds. The van der Waals surface area contributed by atoms with Gasteiger partial charge in [0, 0.05) is 18.1 Å². The van der Waals surface area contributed by atoms with Crippen LogP contribution in [0.3, 0.4) is 0 Å². The van der Waals surface area contributed by atoms with Gasteiger partial charge in [-0.1, -0.05) is 71.8 Å². The molecule has 0 N–H and O–H groups in total. The van der Waals surface area contributed by atoms with Crippen molar-refractivity contribution in [3.8, 4) is 28.8 Å². The SMILES string of the molecule is CC(=O)Oc1ccccc1-c1nnn(Cc2ccccc2)c1C#Cc1ccccc1. The van der Waals surface area contributed by atoms with Crippen LogP contribution in [0.25, 0.3) is 11.3 Å². The summed E-state index contributed by atoms with van der Waals surface area (Å²) in [5.41, 5.74) is 3.88. The second kappa shape index (κ2) is 8.89. The minimum absolute atomic E-state index is 0.393. The van der Waals surface area contributed by atoms with E-state index in [-0.39, 0.29) is 0 Å². The van der Waals surface area contributed by atoms with Gasteiger partial charge in [0.1, 0.15) is 17.1 Å². The fourth-order valence-corrected chi connectivity index (χ4v) is 3.04. The number of hydrogen-bond acceptors (Lipinski definition) is 4. The molecule has 0 aliphatic heterocycles. The Morgan fingerprint density at radius 3 is 2.30 bits per heavy atom. The molecular weight excluding hydrogens is 374 g/mol. The zero-order valence-corrected chi connectivity index (χ0v) is 16.4. The lowest BCUT2D eigenvalue weighted by Crippen LogP contribution is -2.05. The molecule has 0 atom stereocenters. The third-order valence-electron chi connectivity index (χ3n) is 4.41. The number of aromatic nitrogens is 3. The van der Waals surface area contributed by atoms with Crippen LogP contribution in [0.15, 0.2) is 84.9 Å². The summed E-state index contributed by atoms with van der Waals surface area (Å²) in [7, 11) is 0. The molecule has 0 saturated carbocycles. The highest BCUT2D eigenvalue weighted by Crippen LogP contribution is 2.30. The molecule has 3 aromatic carbocycles. The molecule has 0 spiro atoms. The molecule has 5 heteroatoms. The fourth-order valence-electron chi connectivity index (χ4n) is 3.04. The standard InChI is InChI=1S/C25H19N3O2/c1-19(29)30-24-15-9-8-14-22(24)25-23(17-16-20-10-4-2-5-11-20)28(27-26-25)18-21-12-6-3-7-13-21/h2-15H,18H2,1H3. The van der Waals surface area contributed by atoms with Crippen LogP contribution in [0, 0.1) is 11.8 Å². The lowest BCUT2D eigenvalue weighted by molar-refractivity contribution is -0.131. The second-order valence-electron chi connectivity index (χ2n) is 6.64.